The molecule has 4 aromatic rings. The van der Waals surface area contributed by atoms with Gasteiger partial charge >= 0.3 is 0 Å². The summed E-state index contributed by atoms with van der Waals surface area (Å²) in [6.07, 6.45) is 3.68. The Morgan fingerprint density at radius 3 is 2.84 bits per heavy atom. The second-order valence-corrected chi connectivity index (χ2v) is 8.62. The summed E-state index contributed by atoms with van der Waals surface area (Å²) in [5.74, 6) is 0.765. The zero-order chi connectivity index (χ0) is 21.4. The first-order valence-electron chi connectivity index (χ1n) is 10.5. The Morgan fingerprint density at radius 2 is 2.00 bits per heavy atom. The van der Waals surface area contributed by atoms with Crippen LogP contribution in [0.15, 0.2) is 54.9 Å². The number of hydrogen-bond acceptors (Lipinski definition) is 4. The van der Waals surface area contributed by atoms with Gasteiger partial charge in [-0.3, -0.25) is 4.90 Å². The molecule has 1 aliphatic heterocycles. The van der Waals surface area contributed by atoms with Gasteiger partial charge in [0.15, 0.2) is 0 Å². The molecule has 31 heavy (non-hydrogen) atoms. The van der Waals surface area contributed by atoms with E-state index < -0.39 is 0 Å². The predicted octanol–water partition coefficient (Wildman–Crippen LogP) is 5.27. The van der Waals surface area contributed by atoms with Crippen molar-refractivity contribution in [2.45, 2.75) is 32.2 Å². The van der Waals surface area contributed by atoms with E-state index in [2.05, 4.69) is 26.0 Å². The lowest BCUT2D eigenvalue weighted by atomic mass is 9.93. The van der Waals surface area contributed by atoms with Gasteiger partial charge in [-0.05, 0) is 61.7 Å². The summed E-state index contributed by atoms with van der Waals surface area (Å²) < 4.78 is 16.8. The fraction of sp³-hybridized carbons (Fsp3) is 0.292. The van der Waals surface area contributed by atoms with E-state index in [0.29, 0.717) is 28.8 Å². The number of aromatic nitrogens is 4. The summed E-state index contributed by atoms with van der Waals surface area (Å²) in [5.41, 5.74) is 4.53. The lowest BCUT2D eigenvalue weighted by Gasteiger charge is -2.33. The van der Waals surface area contributed by atoms with E-state index in [9.17, 15) is 4.39 Å². The quantitative estimate of drug-likeness (QED) is 0.438. The predicted molar refractivity (Wildman–Crippen MR) is 120 cm³/mol. The van der Waals surface area contributed by atoms with Crippen LogP contribution in [-0.2, 0) is 6.54 Å². The number of aryl methyl sites for hydroxylation is 1. The Morgan fingerprint density at radius 1 is 1.13 bits per heavy atom. The summed E-state index contributed by atoms with van der Waals surface area (Å²) in [6.45, 7) is 4.38. The average Bonchev–Trinajstić information content (AvgIpc) is 3.23. The number of nitrogens with zero attached hydrogens (tertiary/aromatic N) is 5. The Hall–Kier alpha value is -2.83. The van der Waals surface area contributed by atoms with E-state index in [-0.39, 0.29) is 5.82 Å². The molecule has 1 fully saturated rings. The zero-order valence-electron chi connectivity index (χ0n) is 17.3. The molecule has 0 spiro atoms. The molecule has 0 saturated carbocycles. The summed E-state index contributed by atoms with van der Waals surface area (Å²) in [5, 5.41) is 5.01. The standard InChI is InChI=1S/C24H23ClFN5/c1-16-10-23(31-24(29-16)27-15-28-31)20-5-3-9-30(14-20)13-19-8-7-18(12-22(19)26)17-4-2-6-21(25)11-17/h2,4,6-8,10-12,15,20H,3,5,9,13-14H2,1H3. The molecular formula is C24H23ClFN5. The molecule has 0 radical (unpaired) electrons. The molecule has 1 aliphatic rings. The van der Waals surface area contributed by atoms with Gasteiger partial charge in [0.1, 0.15) is 12.1 Å². The number of hydrogen-bond donors (Lipinski definition) is 0. The first-order valence-corrected chi connectivity index (χ1v) is 10.9. The van der Waals surface area contributed by atoms with Crippen molar-refractivity contribution < 1.29 is 4.39 Å². The van der Waals surface area contributed by atoms with Crippen LogP contribution >= 0.6 is 11.6 Å². The molecule has 7 heteroatoms. The highest BCUT2D eigenvalue weighted by molar-refractivity contribution is 6.30. The molecule has 3 heterocycles. The third kappa shape index (κ3) is 4.18. The normalized spacial score (nSPS) is 17.3. The fourth-order valence-electron chi connectivity index (χ4n) is 4.45. The Bertz CT molecular complexity index is 1240. The molecule has 0 aliphatic carbocycles. The minimum absolute atomic E-state index is 0.182. The van der Waals surface area contributed by atoms with E-state index in [1.807, 2.05) is 47.8 Å². The Kier molecular flexibility index (Phi) is 5.42. The molecule has 5 nitrogen and oxygen atoms in total. The van der Waals surface area contributed by atoms with Gasteiger partial charge in [0.05, 0.1) is 5.69 Å². The highest BCUT2D eigenvalue weighted by Gasteiger charge is 2.25. The number of piperidine rings is 1. The van der Waals surface area contributed by atoms with Gasteiger partial charge in [-0.1, -0.05) is 35.9 Å². The molecule has 1 unspecified atom stereocenters. The van der Waals surface area contributed by atoms with Crippen LogP contribution in [0.2, 0.25) is 5.02 Å². The maximum atomic E-state index is 14.9. The summed E-state index contributed by atoms with van der Waals surface area (Å²) in [7, 11) is 0. The molecule has 5 rings (SSSR count). The van der Waals surface area contributed by atoms with Crippen molar-refractivity contribution in [1.82, 2.24) is 24.5 Å². The summed E-state index contributed by atoms with van der Waals surface area (Å²) in [6, 6.07) is 15.1. The van der Waals surface area contributed by atoms with Gasteiger partial charge in [-0.25, -0.2) is 13.9 Å². The number of rotatable bonds is 4. The maximum Gasteiger partial charge on any atom is 0.252 e. The monoisotopic (exact) mass is 435 g/mol. The highest BCUT2D eigenvalue weighted by atomic mass is 35.5. The highest BCUT2D eigenvalue weighted by Crippen LogP contribution is 2.29. The summed E-state index contributed by atoms with van der Waals surface area (Å²) >= 11 is 6.08. The molecule has 158 valence electrons. The zero-order valence-corrected chi connectivity index (χ0v) is 18.1. The topological polar surface area (TPSA) is 46.3 Å². The van der Waals surface area contributed by atoms with Gasteiger partial charge in [0.25, 0.3) is 5.78 Å². The first-order chi connectivity index (χ1) is 15.1. The lowest BCUT2D eigenvalue weighted by molar-refractivity contribution is 0.195. The summed E-state index contributed by atoms with van der Waals surface area (Å²) in [4.78, 5) is 11.0. The van der Waals surface area contributed by atoms with E-state index >= 15 is 0 Å². The van der Waals surface area contributed by atoms with Gasteiger partial charge in [0.2, 0.25) is 0 Å². The van der Waals surface area contributed by atoms with Crippen molar-refractivity contribution in [1.29, 1.82) is 0 Å². The van der Waals surface area contributed by atoms with E-state index in [1.54, 1.807) is 12.4 Å². The second-order valence-electron chi connectivity index (χ2n) is 8.19. The average molecular weight is 436 g/mol. The van der Waals surface area contributed by atoms with Gasteiger partial charge in [-0.2, -0.15) is 10.1 Å². The van der Waals surface area contributed by atoms with Crippen molar-refractivity contribution in [3.05, 3.63) is 82.6 Å². The molecular weight excluding hydrogens is 413 g/mol. The van der Waals surface area contributed by atoms with Gasteiger partial charge < -0.3 is 0 Å². The third-order valence-electron chi connectivity index (χ3n) is 5.94. The van der Waals surface area contributed by atoms with Crippen LogP contribution < -0.4 is 0 Å². The van der Waals surface area contributed by atoms with Crippen LogP contribution in [-0.4, -0.2) is 37.6 Å². The fourth-order valence-corrected chi connectivity index (χ4v) is 4.64. The number of benzene rings is 2. The molecule has 1 atom stereocenters. The van der Waals surface area contributed by atoms with Crippen molar-refractivity contribution >= 4 is 17.4 Å². The number of likely N-dealkylation sites (tertiary alicyclic amines) is 1. The molecule has 1 saturated heterocycles. The first kappa shape index (κ1) is 20.1. The minimum atomic E-state index is -0.182. The van der Waals surface area contributed by atoms with Crippen LogP contribution in [0.4, 0.5) is 4.39 Å². The molecule has 0 bridgehead atoms. The number of fused-ring (bicyclic) bond motifs is 1. The largest absolute Gasteiger partial charge is 0.298 e. The van der Waals surface area contributed by atoms with Crippen LogP contribution in [0.25, 0.3) is 16.9 Å². The van der Waals surface area contributed by atoms with Crippen molar-refractivity contribution in [2.24, 2.45) is 0 Å². The Balaban J connectivity index is 1.35. The Labute approximate surface area is 185 Å². The third-order valence-corrected chi connectivity index (χ3v) is 6.17. The smallest absolute Gasteiger partial charge is 0.252 e. The minimum Gasteiger partial charge on any atom is -0.298 e. The van der Waals surface area contributed by atoms with Crippen molar-refractivity contribution in [3.63, 3.8) is 0 Å². The van der Waals surface area contributed by atoms with Gasteiger partial charge in [0, 0.05) is 35.3 Å². The molecule has 2 aromatic heterocycles. The van der Waals surface area contributed by atoms with Crippen LogP contribution in [0.1, 0.15) is 35.7 Å². The van der Waals surface area contributed by atoms with E-state index in [0.717, 1.165) is 48.4 Å². The SMILES string of the molecule is Cc1cc(C2CCCN(Cc3ccc(-c4cccc(Cl)c4)cc3F)C2)n2ncnc2n1. The molecule has 0 N–H and O–H groups in total. The van der Waals surface area contributed by atoms with Crippen molar-refractivity contribution in [3.8, 4) is 11.1 Å². The van der Waals surface area contributed by atoms with E-state index in [4.69, 9.17) is 11.6 Å². The van der Waals surface area contributed by atoms with Crippen LogP contribution in [0.3, 0.4) is 0 Å². The second kappa shape index (κ2) is 8.36. The van der Waals surface area contributed by atoms with Crippen molar-refractivity contribution in [2.75, 3.05) is 13.1 Å². The lowest BCUT2D eigenvalue weighted by Crippen LogP contribution is -2.35. The number of halogens is 2. The molecule has 2 aromatic carbocycles. The van der Waals surface area contributed by atoms with Crippen LogP contribution in [0, 0.1) is 12.7 Å². The van der Waals surface area contributed by atoms with E-state index in [1.165, 1.54) is 0 Å². The molecule has 0 amide bonds. The maximum absolute atomic E-state index is 14.9. The van der Waals surface area contributed by atoms with Gasteiger partial charge in [-0.15, -0.1) is 0 Å². The van der Waals surface area contributed by atoms with Crippen LogP contribution in [0.5, 0.6) is 0 Å².